The standard InChI is InChI=1S/C18H17F4N5OS/c1-17(2)16(23)27-13(8-29-17)10-5-9(3-4-11(10)19)26-15(28)12-6-25-14(7-24-12)18(20,21)22/h3-7,13H,8H2,1-2H3,(H2,23,27)(H,26,28). The van der Waals surface area contributed by atoms with Crippen LogP contribution in [0.15, 0.2) is 35.6 Å². The third kappa shape index (κ3) is 4.66. The third-order valence-corrected chi connectivity index (χ3v) is 5.71. The molecule has 2 heterocycles. The monoisotopic (exact) mass is 427 g/mol. The van der Waals surface area contributed by atoms with Gasteiger partial charge in [0.1, 0.15) is 17.3 Å². The lowest BCUT2D eigenvalue weighted by molar-refractivity contribution is -0.141. The maximum absolute atomic E-state index is 14.3. The van der Waals surface area contributed by atoms with Crippen molar-refractivity contribution in [3.63, 3.8) is 0 Å². The summed E-state index contributed by atoms with van der Waals surface area (Å²) in [5.41, 5.74) is 4.97. The third-order valence-electron chi connectivity index (χ3n) is 4.30. The number of anilines is 1. The molecular weight excluding hydrogens is 410 g/mol. The van der Waals surface area contributed by atoms with Crippen LogP contribution in [0, 0.1) is 5.82 Å². The maximum atomic E-state index is 14.3. The van der Waals surface area contributed by atoms with E-state index in [0.717, 1.165) is 6.20 Å². The van der Waals surface area contributed by atoms with Gasteiger partial charge in [-0.15, -0.1) is 11.8 Å². The van der Waals surface area contributed by atoms with Gasteiger partial charge in [0, 0.05) is 17.0 Å². The topological polar surface area (TPSA) is 93.3 Å². The van der Waals surface area contributed by atoms with Crippen molar-refractivity contribution in [2.45, 2.75) is 30.8 Å². The molecule has 0 saturated heterocycles. The number of halogens is 4. The van der Waals surface area contributed by atoms with Gasteiger partial charge in [0.05, 0.1) is 23.2 Å². The first-order chi connectivity index (χ1) is 13.5. The Morgan fingerprint density at radius 2 is 2.00 bits per heavy atom. The molecule has 0 bridgehead atoms. The number of nitrogens with zero attached hydrogens (tertiary/aromatic N) is 3. The van der Waals surface area contributed by atoms with E-state index in [9.17, 15) is 22.4 Å². The van der Waals surface area contributed by atoms with Gasteiger partial charge in [-0.05, 0) is 32.0 Å². The summed E-state index contributed by atoms with van der Waals surface area (Å²) in [5.74, 6) is -0.371. The molecule has 2 aromatic rings. The molecule has 1 aliphatic rings. The van der Waals surface area contributed by atoms with Crippen molar-refractivity contribution in [3.8, 4) is 0 Å². The molecule has 0 aliphatic carbocycles. The normalized spacial score (nSPS) is 18.8. The Hall–Kier alpha value is -2.69. The van der Waals surface area contributed by atoms with E-state index in [0.29, 0.717) is 17.8 Å². The zero-order valence-corrected chi connectivity index (χ0v) is 16.2. The highest BCUT2D eigenvalue weighted by atomic mass is 32.2. The summed E-state index contributed by atoms with van der Waals surface area (Å²) in [6.07, 6.45) is -3.44. The van der Waals surface area contributed by atoms with Crippen LogP contribution in [0.5, 0.6) is 0 Å². The zero-order valence-electron chi connectivity index (χ0n) is 15.4. The second-order valence-corrected chi connectivity index (χ2v) is 8.47. The Morgan fingerprint density at radius 1 is 1.28 bits per heavy atom. The number of thioether (sulfide) groups is 1. The van der Waals surface area contributed by atoms with Gasteiger partial charge in [-0.2, -0.15) is 13.2 Å². The predicted octanol–water partition coefficient (Wildman–Crippen LogP) is 3.81. The highest BCUT2D eigenvalue weighted by Crippen LogP contribution is 2.37. The summed E-state index contributed by atoms with van der Waals surface area (Å²) in [6.45, 7) is 3.84. The van der Waals surface area contributed by atoms with Gasteiger partial charge >= 0.3 is 6.18 Å². The van der Waals surface area contributed by atoms with Crippen LogP contribution in [0.25, 0.3) is 0 Å². The number of aromatic nitrogens is 2. The second kappa shape index (κ2) is 7.62. The van der Waals surface area contributed by atoms with Crippen LogP contribution in [0.3, 0.4) is 0 Å². The largest absolute Gasteiger partial charge is 0.434 e. The molecule has 1 unspecified atom stereocenters. The fourth-order valence-electron chi connectivity index (χ4n) is 2.54. The number of aliphatic imine (C=N–C) groups is 1. The minimum absolute atomic E-state index is 0.247. The number of alkyl halides is 3. The van der Waals surface area contributed by atoms with E-state index < -0.39 is 29.6 Å². The molecular formula is C18H17F4N5OS. The Kier molecular flexibility index (Phi) is 5.52. The summed E-state index contributed by atoms with van der Waals surface area (Å²) in [7, 11) is 0. The molecule has 6 nitrogen and oxygen atoms in total. The molecule has 1 amide bonds. The van der Waals surface area contributed by atoms with Gasteiger partial charge < -0.3 is 11.1 Å². The minimum Gasteiger partial charge on any atom is -0.386 e. The van der Waals surface area contributed by atoms with Gasteiger partial charge in [0.2, 0.25) is 0 Å². The molecule has 1 aromatic heterocycles. The Balaban J connectivity index is 1.80. The van der Waals surface area contributed by atoms with Gasteiger partial charge in [0.25, 0.3) is 5.91 Å². The fraction of sp³-hybridized carbons (Fsp3) is 0.333. The lowest BCUT2D eigenvalue weighted by Gasteiger charge is -2.31. The zero-order chi connectivity index (χ0) is 21.4. The lowest BCUT2D eigenvalue weighted by atomic mass is 10.1. The van der Waals surface area contributed by atoms with E-state index in [1.54, 1.807) is 11.8 Å². The van der Waals surface area contributed by atoms with Crippen molar-refractivity contribution in [2.75, 3.05) is 11.1 Å². The first kappa shape index (κ1) is 21.0. The van der Waals surface area contributed by atoms with Crippen molar-refractivity contribution in [1.82, 2.24) is 9.97 Å². The number of carbonyl (C=O) groups excluding carboxylic acids is 1. The quantitative estimate of drug-likeness (QED) is 0.727. The molecule has 1 aliphatic heterocycles. The SMILES string of the molecule is CC1(C)SCC(c2cc(NC(=O)c3cnc(C(F)(F)F)cn3)ccc2F)N=C1N. The van der Waals surface area contributed by atoms with E-state index >= 15 is 0 Å². The Labute approximate surface area is 168 Å². The highest BCUT2D eigenvalue weighted by molar-refractivity contribution is 8.01. The number of amidine groups is 1. The molecule has 0 spiro atoms. The van der Waals surface area contributed by atoms with Crippen LogP contribution in [-0.2, 0) is 6.18 Å². The number of benzene rings is 1. The number of nitrogens with two attached hydrogens (primary N) is 1. The van der Waals surface area contributed by atoms with Crippen LogP contribution < -0.4 is 11.1 Å². The molecule has 29 heavy (non-hydrogen) atoms. The summed E-state index contributed by atoms with van der Waals surface area (Å²) in [4.78, 5) is 23.3. The smallest absolute Gasteiger partial charge is 0.386 e. The van der Waals surface area contributed by atoms with Crippen molar-refractivity contribution < 1.29 is 22.4 Å². The van der Waals surface area contributed by atoms with Crippen LogP contribution in [0.1, 0.15) is 41.6 Å². The number of amides is 1. The number of hydrogen-bond donors (Lipinski definition) is 2. The molecule has 154 valence electrons. The number of nitrogens with one attached hydrogen (secondary N) is 1. The van der Waals surface area contributed by atoms with Crippen molar-refractivity contribution in [1.29, 1.82) is 0 Å². The van der Waals surface area contributed by atoms with Crippen LogP contribution in [0.2, 0.25) is 0 Å². The van der Waals surface area contributed by atoms with Gasteiger partial charge in [-0.1, -0.05) is 0 Å². The first-order valence-corrected chi connectivity index (χ1v) is 9.43. The predicted molar refractivity (Wildman–Crippen MR) is 102 cm³/mol. The molecule has 0 radical (unpaired) electrons. The first-order valence-electron chi connectivity index (χ1n) is 8.45. The van der Waals surface area contributed by atoms with E-state index in [4.69, 9.17) is 5.73 Å². The highest BCUT2D eigenvalue weighted by Gasteiger charge is 2.33. The van der Waals surface area contributed by atoms with E-state index in [2.05, 4.69) is 20.3 Å². The van der Waals surface area contributed by atoms with Crippen molar-refractivity contribution in [2.24, 2.45) is 10.7 Å². The molecule has 0 fully saturated rings. The molecule has 3 N–H and O–H groups in total. The van der Waals surface area contributed by atoms with E-state index in [1.165, 1.54) is 18.2 Å². The van der Waals surface area contributed by atoms with Crippen molar-refractivity contribution in [3.05, 3.63) is 53.4 Å². The Bertz CT molecular complexity index is 960. The van der Waals surface area contributed by atoms with E-state index in [1.807, 2.05) is 13.8 Å². The second-order valence-electron chi connectivity index (χ2n) is 6.83. The van der Waals surface area contributed by atoms with E-state index in [-0.39, 0.29) is 21.7 Å². The Morgan fingerprint density at radius 3 is 2.59 bits per heavy atom. The summed E-state index contributed by atoms with van der Waals surface area (Å²) in [5, 5.41) is 2.47. The molecule has 11 heteroatoms. The average molecular weight is 427 g/mol. The average Bonchev–Trinajstić information content (AvgIpc) is 2.65. The van der Waals surface area contributed by atoms with Gasteiger partial charge in [-0.3, -0.25) is 9.79 Å². The number of hydrogen-bond acceptors (Lipinski definition) is 6. The molecule has 3 rings (SSSR count). The van der Waals surface area contributed by atoms with Crippen LogP contribution in [0.4, 0.5) is 23.2 Å². The van der Waals surface area contributed by atoms with Crippen LogP contribution >= 0.6 is 11.8 Å². The molecule has 0 saturated carbocycles. The van der Waals surface area contributed by atoms with Gasteiger partial charge in [0.15, 0.2) is 5.69 Å². The van der Waals surface area contributed by atoms with Crippen LogP contribution in [-0.4, -0.2) is 32.2 Å². The summed E-state index contributed by atoms with van der Waals surface area (Å²) < 4.78 is 51.6. The maximum Gasteiger partial charge on any atom is 0.434 e. The number of carbonyl (C=O) groups is 1. The fourth-order valence-corrected chi connectivity index (χ4v) is 3.57. The molecule has 1 atom stereocenters. The van der Waals surface area contributed by atoms with Gasteiger partial charge in [-0.25, -0.2) is 14.4 Å². The lowest BCUT2D eigenvalue weighted by Crippen LogP contribution is -2.39. The summed E-state index contributed by atoms with van der Waals surface area (Å²) in [6, 6.07) is 3.42. The number of rotatable bonds is 3. The summed E-state index contributed by atoms with van der Waals surface area (Å²) >= 11 is 1.54. The minimum atomic E-state index is -4.65. The molecule has 1 aromatic carbocycles. The van der Waals surface area contributed by atoms with Crippen molar-refractivity contribution >= 4 is 29.2 Å².